The van der Waals surface area contributed by atoms with Gasteiger partial charge in [-0.2, -0.15) is 4.98 Å². The molecule has 0 saturated carbocycles. The van der Waals surface area contributed by atoms with Crippen molar-refractivity contribution < 1.29 is 14.3 Å². The molecule has 2 heterocycles. The highest BCUT2D eigenvalue weighted by Gasteiger charge is 2.17. The largest absolute Gasteiger partial charge is 0.495 e. The van der Waals surface area contributed by atoms with Crippen molar-refractivity contribution in [2.75, 3.05) is 57.6 Å². The molecule has 0 aliphatic carbocycles. The van der Waals surface area contributed by atoms with Gasteiger partial charge in [0.05, 0.1) is 38.8 Å². The van der Waals surface area contributed by atoms with E-state index in [1.165, 1.54) is 6.20 Å². The number of Topliss-reactive ketones (excluding diaryl/α,β-unsaturated/α-hetero) is 1. The summed E-state index contributed by atoms with van der Waals surface area (Å²) in [5.41, 5.74) is 1.25. The average Bonchev–Trinajstić information content (AvgIpc) is 2.70. The summed E-state index contributed by atoms with van der Waals surface area (Å²) in [5, 5.41) is 6.42. The lowest BCUT2D eigenvalue weighted by molar-refractivity contribution is 0.0371. The maximum absolute atomic E-state index is 12.6. The van der Waals surface area contributed by atoms with Crippen LogP contribution in [-0.4, -0.2) is 67.7 Å². The SMILES string of the molecule is CNc1nc(Nc2ccc(C(=O)CN3CCOCC3)cc2OC)ncc1Cl. The molecule has 0 atom stereocenters. The molecule has 0 radical (unpaired) electrons. The number of carbonyl (C=O) groups is 1. The van der Waals surface area contributed by atoms with Crippen LogP contribution in [0.5, 0.6) is 5.75 Å². The van der Waals surface area contributed by atoms with Crippen LogP contribution >= 0.6 is 11.6 Å². The van der Waals surface area contributed by atoms with Crippen LogP contribution in [0, 0.1) is 0 Å². The molecule has 27 heavy (non-hydrogen) atoms. The molecule has 0 unspecified atom stereocenters. The number of nitrogens with one attached hydrogen (secondary N) is 2. The summed E-state index contributed by atoms with van der Waals surface area (Å²) in [4.78, 5) is 23.1. The standard InChI is InChI=1S/C18H22ClN5O3/c1-20-17-13(19)10-21-18(23-17)22-14-4-3-12(9-16(14)26-2)15(25)11-24-5-7-27-8-6-24/h3-4,9-10H,5-8,11H2,1-2H3,(H2,20,21,22,23). The van der Waals surface area contributed by atoms with Crippen molar-refractivity contribution in [2.24, 2.45) is 0 Å². The fourth-order valence-corrected chi connectivity index (χ4v) is 2.93. The van der Waals surface area contributed by atoms with Crippen molar-refractivity contribution in [3.63, 3.8) is 0 Å². The molecule has 2 N–H and O–H groups in total. The molecule has 1 aliphatic heterocycles. The smallest absolute Gasteiger partial charge is 0.229 e. The van der Waals surface area contributed by atoms with Crippen LogP contribution in [0.3, 0.4) is 0 Å². The number of nitrogens with zero attached hydrogens (tertiary/aromatic N) is 3. The number of rotatable bonds is 7. The number of hydrogen-bond donors (Lipinski definition) is 2. The van der Waals surface area contributed by atoms with Gasteiger partial charge in [0, 0.05) is 25.7 Å². The number of hydrogen-bond acceptors (Lipinski definition) is 8. The Labute approximate surface area is 162 Å². The van der Waals surface area contributed by atoms with Crippen molar-refractivity contribution in [1.29, 1.82) is 0 Å². The lowest BCUT2D eigenvalue weighted by atomic mass is 10.1. The van der Waals surface area contributed by atoms with Crippen LogP contribution in [-0.2, 0) is 4.74 Å². The van der Waals surface area contributed by atoms with Crippen molar-refractivity contribution in [1.82, 2.24) is 14.9 Å². The molecule has 1 fully saturated rings. The average molecular weight is 392 g/mol. The molecule has 1 aliphatic rings. The van der Waals surface area contributed by atoms with Crippen LogP contribution in [0.2, 0.25) is 5.02 Å². The summed E-state index contributed by atoms with van der Waals surface area (Å²) in [6.45, 7) is 3.23. The molecule has 1 aromatic carbocycles. The van der Waals surface area contributed by atoms with E-state index in [1.54, 1.807) is 32.4 Å². The van der Waals surface area contributed by atoms with Gasteiger partial charge >= 0.3 is 0 Å². The summed E-state index contributed by atoms with van der Waals surface area (Å²) < 4.78 is 10.7. The maximum atomic E-state index is 12.6. The van der Waals surface area contributed by atoms with Gasteiger partial charge < -0.3 is 20.1 Å². The van der Waals surface area contributed by atoms with Gasteiger partial charge in [-0.3, -0.25) is 9.69 Å². The maximum Gasteiger partial charge on any atom is 0.229 e. The Morgan fingerprint density at radius 2 is 2.15 bits per heavy atom. The Kier molecular flexibility index (Phi) is 6.44. The highest BCUT2D eigenvalue weighted by molar-refractivity contribution is 6.32. The van der Waals surface area contributed by atoms with Crippen LogP contribution in [0.15, 0.2) is 24.4 Å². The topological polar surface area (TPSA) is 88.6 Å². The van der Waals surface area contributed by atoms with Crippen molar-refractivity contribution in [2.45, 2.75) is 0 Å². The molecular weight excluding hydrogens is 370 g/mol. The number of morpholine rings is 1. The predicted molar refractivity (Wildman–Crippen MR) is 104 cm³/mol. The Hall–Kier alpha value is -2.42. The Morgan fingerprint density at radius 3 is 2.85 bits per heavy atom. The van der Waals surface area contributed by atoms with E-state index in [0.29, 0.717) is 53.5 Å². The quantitative estimate of drug-likeness (QED) is 0.696. The fourth-order valence-electron chi connectivity index (χ4n) is 2.74. The number of anilines is 3. The van der Waals surface area contributed by atoms with Crippen LogP contribution in [0.4, 0.5) is 17.5 Å². The summed E-state index contributed by atoms with van der Waals surface area (Å²) in [6.07, 6.45) is 1.51. The van der Waals surface area contributed by atoms with E-state index in [0.717, 1.165) is 13.1 Å². The first-order valence-electron chi connectivity index (χ1n) is 8.59. The predicted octanol–water partition coefficient (Wildman–Crippen LogP) is 2.44. The lowest BCUT2D eigenvalue weighted by Gasteiger charge is -2.25. The number of halogens is 1. The van der Waals surface area contributed by atoms with Gasteiger partial charge in [0.25, 0.3) is 0 Å². The molecule has 2 aromatic rings. The highest BCUT2D eigenvalue weighted by Crippen LogP contribution is 2.29. The van der Waals surface area contributed by atoms with Gasteiger partial charge in [-0.25, -0.2) is 4.98 Å². The van der Waals surface area contributed by atoms with Crippen molar-refractivity contribution in [3.8, 4) is 5.75 Å². The van der Waals surface area contributed by atoms with Crippen LogP contribution in [0.1, 0.15) is 10.4 Å². The normalized spacial score (nSPS) is 14.6. The van der Waals surface area contributed by atoms with E-state index in [1.807, 2.05) is 0 Å². The van der Waals surface area contributed by atoms with Crippen LogP contribution < -0.4 is 15.4 Å². The molecule has 8 nitrogen and oxygen atoms in total. The summed E-state index contributed by atoms with van der Waals surface area (Å²) >= 11 is 6.00. The van der Waals surface area contributed by atoms with E-state index in [9.17, 15) is 4.79 Å². The zero-order chi connectivity index (χ0) is 19.2. The van der Waals surface area contributed by atoms with E-state index in [2.05, 4.69) is 25.5 Å². The van der Waals surface area contributed by atoms with Gasteiger partial charge in [-0.05, 0) is 18.2 Å². The summed E-state index contributed by atoms with van der Waals surface area (Å²) in [6, 6.07) is 5.27. The first kappa shape index (κ1) is 19.3. The zero-order valence-corrected chi connectivity index (χ0v) is 16.0. The molecule has 0 amide bonds. The minimum absolute atomic E-state index is 0.0435. The van der Waals surface area contributed by atoms with Gasteiger partial charge in [0.1, 0.15) is 16.6 Å². The van der Waals surface area contributed by atoms with E-state index in [4.69, 9.17) is 21.1 Å². The van der Waals surface area contributed by atoms with Crippen molar-refractivity contribution in [3.05, 3.63) is 35.0 Å². The molecular formula is C18H22ClN5O3. The lowest BCUT2D eigenvalue weighted by Crippen LogP contribution is -2.39. The second-order valence-corrected chi connectivity index (χ2v) is 6.40. The molecule has 0 bridgehead atoms. The Morgan fingerprint density at radius 1 is 1.37 bits per heavy atom. The zero-order valence-electron chi connectivity index (χ0n) is 15.3. The minimum Gasteiger partial charge on any atom is -0.495 e. The van der Waals surface area contributed by atoms with E-state index < -0.39 is 0 Å². The van der Waals surface area contributed by atoms with Gasteiger partial charge in [0.15, 0.2) is 5.78 Å². The third-order valence-corrected chi connectivity index (χ3v) is 4.50. The second-order valence-electron chi connectivity index (χ2n) is 5.99. The first-order valence-corrected chi connectivity index (χ1v) is 8.97. The number of ketones is 1. The molecule has 1 aromatic heterocycles. The number of aromatic nitrogens is 2. The van der Waals surface area contributed by atoms with Gasteiger partial charge in [-0.15, -0.1) is 0 Å². The molecule has 0 spiro atoms. The monoisotopic (exact) mass is 391 g/mol. The number of carbonyl (C=O) groups excluding carboxylic acids is 1. The second kappa shape index (κ2) is 8.98. The summed E-state index contributed by atoms with van der Waals surface area (Å²) in [7, 11) is 3.28. The minimum atomic E-state index is 0.0435. The fraction of sp³-hybridized carbons (Fsp3) is 0.389. The van der Waals surface area contributed by atoms with Crippen LogP contribution in [0.25, 0.3) is 0 Å². The Balaban J connectivity index is 1.74. The first-order chi connectivity index (χ1) is 13.1. The summed E-state index contributed by atoms with van der Waals surface area (Å²) in [5.74, 6) is 1.47. The molecule has 9 heteroatoms. The highest BCUT2D eigenvalue weighted by atomic mass is 35.5. The number of ether oxygens (including phenoxy) is 2. The van der Waals surface area contributed by atoms with Gasteiger partial charge in [-0.1, -0.05) is 11.6 Å². The van der Waals surface area contributed by atoms with Gasteiger partial charge in [0.2, 0.25) is 5.95 Å². The third-order valence-electron chi connectivity index (χ3n) is 4.22. The number of methoxy groups -OCH3 is 1. The Bertz CT molecular complexity index is 812. The molecule has 3 rings (SSSR count). The molecule has 1 saturated heterocycles. The van der Waals surface area contributed by atoms with E-state index >= 15 is 0 Å². The third kappa shape index (κ3) is 4.85. The molecule has 144 valence electrons. The van der Waals surface area contributed by atoms with E-state index in [-0.39, 0.29) is 5.78 Å². The number of benzene rings is 1. The van der Waals surface area contributed by atoms with Crippen molar-refractivity contribution >= 4 is 34.8 Å².